The van der Waals surface area contributed by atoms with Crippen molar-refractivity contribution in [1.29, 1.82) is 0 Å². The van der Waals surface area contributed by atoms with Crippen LogP contribution in [0.5, 0.6) is 5.75 Å². The number of rotatable bonds is 46. The number of hydrogen-bond acceptors (Lipinski definition) is 20. The van der Waals surface area contributed by atoms with Gasteiger partial charge in [0.2, 0.25) is 47.3 Å². The fraction of sp³-hybridized carbons (Fsp3) is 0.591. The van der Waals surface area contributed by atoms with Gasteiger partial charge in [-0.25, -0.2) is 9.79 Å². The molecule has 37 heteroatoms. The number of phenols is 1. The molecule has 22 N–H and O–H groups in total. The molecule has 2 heterocycles. The summed E-state index contributed by atoms with van der Waals surface area (Å²) in [7, 11) is 0. The predicted octanol–water partition coefficient (Wildman–Crippen LogP) is -3.29. The summed E-state index contributed by atoms with van der Waals surface area (Å²) in [6.07, 6.45) is 1.56. The van der Waals surface area contributed by atoms with Crippen LogP contribution in [0, 0.1) is 11.8 Å². The molecule has 6 unspecified atom stereocenters. The lowest BCUT2D eigenvalue weighted by molar-refractivity contribution is -0.144. The van der Waals surface area contributed by atoms with Crippen molar-refractivity contribution in [2.45, 2.75) is 153 Å². The molecule has 9 atom stereocenters. The van der Waals surface area contributed by atoms with E-state index in [9.17, 15) is 83.4 Å². The van der Waals surface area contributed by atoms with Gasteiger partial charge in [-0.05, 0) is 118 Å². The van der Waals surface area contributed by atoms with E-state index >= 15 is 9.59 Å². The lowest BCUT2D eigenvalue weighted by Gasteiger charge is -2.32. The molecule has 4 rings (SSSR count). The Bertz CT molecular complexity index is 3280. The SMILES string of the molecule is CC[C@H](C)C(NC(=O)C(Cc1ccc(O)cc1)NC(=O)C1CCCN1C(=O)[C@H](NC(=O)C(CCCN=C(N)N)NC(=O)C1CCCN1C(=O)[C@@H](CCCCN)NC(=O)CN(CCN(CCN(CC(=O)O)CC(=O)O)CC(=O)O)CC(=O)O)c1ccc(N=C(N)N)cc1)C(=O)NC(CC(C)C)C(=O)O. The van der Waals surface area contributed by atoms with E-state index in [-0.39, 0.29) is 145 Å². The Morgan fingerprint density at radius 1 is 0.553 bits per heavy atom. The molecule has 2 fully saturated rings. The zero-order chi connectivity index (χ0) is 76.6. The number of aromatic hydroxyl groups is 1. The van der Waals surface area contributed by atoms with Crippen LogP contribution in [0.1, 0.15) is 115 Å². The summed E-state index contributed by atoms with van der Waals surface area (Å²) >= 11 is 0. The number of likely N-dealkylation sites (tertiary alicyclic amines) is 2. The van der Waals surface area contributed by atoms with Gasteiger partial charge in [0.05, 0.1) is 38.4 Å². The van der Waals surface area contributed by atoms with E-state index in [1.807, 2.05) is 0 Å². The minimum atomic E-state index is -1.62. The van der Waals surface area contributed by atoms with Crippen LogP contribution in [0.25, 0.3) is 0 Å². The van der Waals surface area contributed by atoms with E-state index < -0.39 is 164 Å². The van der Waals surface area contributed by atoms with Crippen molar-refractivity contribution in [3.05, 3.63) is 59.7 Å². The lowest BCUT2D eigenvalue weighted by Crippen LogP contribution is -2.60. The smallest absolute Gasteiger partial charge is 0.326 e. The molecule has 8 amide bonds. The number of hydrogen-bond donors (Lipinski definition) is 17. The third-order valence-electron chi connectivity index (χ3n) is 17.2. The van der Waals surface area contributed by atoms with Gasteiger partial charge in [-0.3, -0.25) is 77.2 Å². The standard InChI is InChI=1S/C66H102N18O19/c1-5-39(4)55(61(99)77-47(64(102)103)31-38(2)3)78-58(96)46(32-40-15-21-43(85)22-16-40)76-60(98)49-14-10-26-84(49)63(101)56(41-17-19-42(20-18-41)73-66(70)71)79-57(95)44(12-8-24-72-65(68)69)75-59(97)48-13-9-25-83(48)62(100)45(11-6-7-23-67)74-50(86)33-81(35-52(89)90)29-27-80(34-51(87)88)28-30-82(36-53(91)92)37-54(93)94/h15-22,38-39,44-49,55-56,85H,5-14,23-37,67H2,1-4H3,(H,74,86)(H,75,97)(H,76,98)(H,77,99)(H,78,96)(H,79,95)(H,87,88)(H,89,90)(H,91,92)(H,93,94)(H,102,103)(H4,68,69,72)(H4,70,71,73)/t39-,44?,45+,46?,47?,48?,49?,55?,56+/m0/s1. The highest BCUT2D eigenvalue weighted by molar-refractivity contribution is 5.99. The molecule has 2 aliphatic heterocycles. The van der Waals surface area contributed by atoms with Crippen LogP contribution in [0.2, 0.25) is 0 Å². The molecule has 2 aromatic carbocycles. The molecule has 37 nitrogen and oxygen atoms in total. The molecule has 0 aromatic heterocycles. The van der Waals surface area contributed by atoms with E-state index in [2.05, 4.69) is 41.9 Å². The molecule has 0 saturated carbocycles. The molecule has 103 heavy (non-hydrogen) atoms. The minimum Gasteiger partial charge on any atom is -0.508 e. The van der Waals surface area contributed by atoms with Gasteiger partial charge in [0.25, 0.3) is 0 Å². The van der Waals surface area contributed by atoms with Gasteiger partial charge >= 0.3 is 29.8 Å². The number of benzene rings is 2. The minimum absolute atomic E-state index is 0.00408. The van der Waals surface area contributed by atoms with Crippen molar-refractivity contribution in [3.8, 4) is 5.75 Å². The van der Waals surface area contributed by atoms with Crippen molar-refractivity contribution in [2.75, 3.05) is 85.1 Å². The normalized spacial score (nSPS) is 16.3. The first-order valence-corrected chi connectivity index (χ1v) is 34.1. The molecule has 0 bridgehead atoms. The van der Waals surface area contributed by atoms with E-state index in [1.54, 1.807) is 27.7 Å². The molecule has 2 aromatic rings. The third-order valence-corrected chi connectivity index (χ3v) is 17.2. The van der Waals surface area contributed by atoms with Crippen LogP contribution in [0.15, 0.2) is 58.5 Å². The number of unbranched alkanes of at least 4 members (excludes halogenated alkanes) is 1. The number of aliphatic imine (C=N–C) groups is 2. The number of aliphatic carboxylic acids is 5. The molecule has 2 aliphatic rings. The zero-order valence-corrected chi connectivity index (χ0v) is 58.6. The van der Waals surface area contributed by atoms with Gasteiger partial charge < -0.3 is 101 Å². The Labute approximate surface area is 596 Å². The van der Waals surface area contributed by atoms with Crippen LogP contribution in [0.3, 0.4) is 0 Å². The molecule has 0 aliphatic carbocycles. The maximum absolute atomic E-state index is 15.4. The Morgan fingerprint density at radius 2 is 1.06 bits per heavy atom. The molecular weight excluding hydrogens is 1350 g/mol. The first-order chi connectivity index (χ1) is 48.7. The van der Waals surface area contributed by atoms with Gasteiger partial charge in [-0.15, -0.1) is 0 Å². The fourth-order valence-electron chi connectivity index (χ4n) is 11.9. The Morgan fingerprint density at radius 3 is 1.56 bits per heavy atom. The number of carboxylic acid groups (broad SMARTS) is 5. The third kappa shape index (κ3) is 29.7. The number of carboxylic acids is 5. The number of phenolic OH excluding ortho intramolecular Hbond substituents is 1. The lowest BCUT2D eigenvalue weighted by atomic mass is 9.96. The average Bonchev–Trinajstić information content (AvgIpc) is 1.52. The van der Waals surface area contributed by atoms with E-state index in [1.165, 1.54) is 63.2 Å². The van der Waals surface area contributed by atoms with Crippen LogP contribution in [-0.2, 0) is 68.7 Å². The molecule has 570 valence electrons. The van der Waals surface area contributed by atoms with Gasteiger partial charge in [0.15, 0.2) is 11.9 Å². The van der Waals surface area contributed by atoms with Gasteiger partial charge in [-0.2, -0.15) is 0 Å². The zero-order valence-electron chi connectivity index (χ0n) is 58.6. The number of nitrogens with two attached hydrogens (primary N) is 5. The topological polar surface area (TPSA) is 586 Å². The summed E-state index contributed by atoms with van der Waals surface area (Å²) < 4.78 is 0. The molecular formula is C66H102N18O19. The van der Waals surface area contributed by atoms with Crippen LogP contribution < -0.4 is 60.6 Å². The van der Waals surface area contributed by atoms with E-state index in [0.717, 1.165) is 9.80 Å². The van der Waals surface area contributed by atoms with E-state index in [0.29, 0.717) is 24.8 Å². The molecule has 0 spiro atoms. The van der Waals surface area contributed by atoms with Crippen molar-refractivity contribution in [2.24, 2.45) is 50.5 Å². The summed E-state index contributed by atoms with van der Waals surface area (Å²) in [5.41, 5.74) is 29.3. The van der Waals surface area contributed by atoms with Crippen molar-refractivity contribution in [1.82, 2.24) is 56.4 Å². The predicted molar refractivity (Wildman–Crippen MR) is 373 cm³/mol. The molecule has 2 saturated heterocycles. The van der Waals surface area contributed by atoms with Crippen molar-refractivity contribution >= 4 is 94.7 Å². The second kappa shape index (κ2) is 42.9. The summed E-state index contributed by atoms with van der Waals surface area (Å²) in [6.45, 7) is 3.08. The van der Waals surface area contributed by atoms with Crippen molar-refractivity contribution in [3.63, 3.8) is 0 Å². The monoisotopic (exact) mass is 1450 g/mol. The summed E-state index contributed by atoms with van der Waals surface area (Å²) in [5, 5.41) is 74.3. The fourth-order valence-corrected chi connectivity index (χ4v) is 11.9. The number of nitrogens with one attached hydrogen (secondary N) is 6. The number of carbonyl (C=O) groups excluding carboxylic acids is 8. The second-order valence-electron chi connectivity index (χ2n) is 26.0. The molecule has 0 radical (unpaired) electrons. The van der Waals surface area contributed by atoms with Gasteiger partial charge in [-0.1, -0.05) is 58.4 Å². The Kier molecular flexibility index (Phi) is 35.4. The number of carbonyl (C=O) groups is 13. The van der Waals surface area contributed by atoms with Crippen molar-refractivity contribution < 1.29 is 93.0 Å². The Balaban J connectivity index is 1.66. The van der Waals surface area contributed by atoms with Gasteiger partial charge in [0, 0.05) is 52.2 Å². The highest BCUT2D eigenvalue weighted by Gasteiger charge is 2.43. The van der Waals surface area contributed by atoms with Crippen LogP contribution >= 0.6 is 0 Å². The highest BCUT2D eigenvalue weighted by Crippen LogP contribution is 2.28. The second-order valence-corrected chi connectivity index (χ2v) is 26.0. The maximum atomic E-state index is 15.4. The number of amides is 8. The first-order valence-electron chi connectivity index (χ1n) is 34.1. The summed E-state index contributed by atoms with van der Waals surface area (Å²) in [4.78, 5) is 190. The number of nitrogens with zero attached hydrogens (tertiary/aromatic N) is 7. The Hall–Kier alpha value is -10.3. The summed E-state index contributed by atoms with van der Waals surface area (Å²) in [6, 6.07) is 0.662. The first kappa shape index (κ1) is 85.1. The summed E-state index contributed by atoms with van der Waals surface area (Å²) in [5.74, 6) is -14.4. The largest absolute Gasteiger partial charge is 0.508 e. The maximum Gasteiger partial charge on any atom is 0.326 e. The average molecular weight is 1450 g/mol. The van der Waals surface area contributed by atoms with Crippen LogP contribution in [0.4, 0.5) is 5.69 Å². The van der Waals surface area contributed by atoms with Crippen LogP contribution in [-0.4, -0.2) is 272 Å². The number of guanidine groups is 2. The quantitative estimate of drug-likeness (QED) is 0.0175. The van der Waals surface area contributed by atoms with E-state index in [4.69, 9.17) is 28.7 Å². The van der Waals surface area contributed by atoms with Gasteiger partial charge in [0.1, 0.15) is 54.1 Å². The highest BCUT2D eigenvalue weighted by atomic mass is 16.4.